The zero-order valence-corrected chi connectivity index (χ0v) is 21.2. The third kappa shape index (κ3) is 5.81. The van der Waals surface area contributed by atoms with Gasteiger partial charge >= 0.3 is 12.1 Å². The largest absolute Gasteiger partial charge is 0.493 e. The first-order valence-corrected chi connectivity index (χ1v) is 11.5. The maximum Gasteiger partial charge on any atom is 0.328 e. The highest BCUT2D eigenvalue weighted by molar-refractivity contribution is 9.10. The van der Waals surface area contributed by atoms with Crippen LogP contribution < -0.4 is 30.2 Å². The molecule has 0 unspecified atom stereocenters. The number of rotatable bonds is 6. The van der Waals surface area contributed by atoms with E-state index in [0.29, 0.717) is 44.5 Å². The maximum atomic E-state index is 12.2. The highest BCUT2D eigenvalue weighted by atomic mass is 79.9. The molecule has 184 valence electrons. The summed E-state index contributed by atoms with van der Waals surface area (Å²) in [6.07, 6.45) is 3.24. The van der Waals surface area contributed by atoms with E-state index in [1.807, 2.05) is 6.92 Å². The standard InChI is InChI=1S/C25H22BrN5O5/c1-14-10-18(26)23(28-13-14)30-25(33)31-24(32)29-15-4-6-16(7-5-15)36-20-8-9-27-19-12-22(35-3)21(34-2)11-17(19)20/h4-13H,1-3H3,(H3,28,29,30,31,32,33). The molecule has 4 amide bonds. The van der Waals surface area contributed by atoms with E-state index in [4.69, 9.17) is 14.2 Å². The lowest BCUT2D eigenvalue weighted by Gasteiger charge is -2.13. The minimum atomic E-state index is -0.721. The SMILES string of the molecule is COc1cc2nccc(Oc3ccc(NC(=O)NC(=O)Nc4ncc(C)cc4Br)cc3)c2cc1OC. The van der Waals surface area contributed by atoms with Gasteiger partial charge in [0.2, 0.25) is 0 Å². The number of pyridine rings is 2. The number of urea groups is 2. The number of halogens is 1. The molecule has 4 aromatic rings. The number of nitrogens with zero attached hydrogens (tertiary/aromatic N) is 2. The van der Waals surface area contributed by atoms with Crippen molar-refractivity contribution in [3.8, 4) is 23.0 Å². The second-order valence-electron chi connectivity index (χ2n) is 7.54. The number of aromatic nitrogens is 2. The quantitative estimate of drug-likeness (QED) is 0.274. The van der Waals surface area contributed by atoms with Gasteiger partial charge in [-0.2, -0.15) is 0 Å². The molecule has 0 fully saturated rings. The Labute approximate surface area is 215 Å². The van der Waals surface area contributed by atoms with Gasteiger partial charge in [-0.3, -0.25) is 15.6 Å². The fourth-order valence-electron chi connectivity index (χ4n) is 3.30. The molecule has 0 aliphatic rings. The van der Waals surface area contributed by atoms with Gasteiger partial charge in [0, 0.05) is 29.5 Å². The number of amides is 4. The maximum absolute atomic E-state index is 12.2. The smallest absolute Gasteiger partial charge is 0.328 e. The van der Waals surface area contributed by atoms with Crippen LogP contribution in [0.1, 0.15) is 5.56 Å². The summed E-state index contributed by atoms with van der Waals surface area (Å²) in [6, 6.07) is 12.4. The number of carbonyl (C=O) groups is 2. The van der Waals surface area contributed by atoms with E-state index in [0.717, 1.165) is 10.9 Å². The molecule has 0 aliphatic carbocycles. The van der Waals surface area contributed by atoms with Crippen molar-refractivity contribution in [1.29, 1.82) is 0 Å². The number of imide groups is 1. The molecule has 0 spiro atoms. The summed E-state index contributed by atoms with van der Waals surface area (Å²) in [4.78, 5) is 32.8. The highest BCUT2D eigenvalue weighted by Crippen LogP contribution is 2.37. The van der Waals surface area contributed by atoms with Gasteiger partial charge in [0.05, 0.1) is 24.2 Å². The third-order valence-electron chi connectivity index (χ3n) is 4.98. The van der Waals surface area contributed by atoms with E-state index in [1.54, 1.807) is 75.1 Å². The predicted octanol–water partition coefficient (Wildman–Crippen LogP) is 5.86. The number of anilines is 2. The molecular formula is C25H22BrN5O5. The summed E-state index contributed by atoms with van der Waals surface area (Å²) < 4.78 is 17.4. The summed E-state index contributed by atoms with van der Waals surface area (Å²) in [5.41, 5.74) is 2.08. The van der Waals surface area contributed by atoms with Crippen molar-refractivity contribution >= 4 is 50.4 Å². The second-order valence-corrected chi connectivity index (χ2v) is 8.39. The first-order valence-electron chi connectivity index (χ1n) is 10.7. The van der Waals surface area contributed by atoms with Crippen LogP contribution in [-0.2, 0) is 0 Å². The number of nitrogens with one attached hydrogen (secondary N) is 3. The summed E-state index contributed by atoms with van der Waals surface area (Å²) in [7, 11) is 3.12. The molecule has 0 aliphatic heterocycles. The Kier molecular flexibility index (Phi) is 7.50. The van der Waals surface area contributed by atoms with E-state index in [9.17, 15) is 9.59 Å². The number of aryl methyl sites for hydroxylation is 1. The van der Waals surface area contributed by atoms with Crippen molar-refractivity contribution in [1.82, 2.24) is 15.3 Å². The molecule has 4 rings (SSSR count). The minimum absolute atomic E-state index is 0.298. The van der Waals surface area contributed by atoms with Crippen LogP contribution in [0.2, 0.25) is 0 Å². The number of methoxy groups -OCH3 is 2. The lowest BCUT2D eigenvalue weighted by molar-refractivity contribution is 0.240. The molecule has 0 saturated heterocycles. The van der Waals surface area contributed by atoms with Crippen molar-refractivity contribution in [2.75, 3.05) is 24.9 Å². The molecule has 2 aromatic heterocycles. The molecule has 11 heteroatoms. The van der Waals surface area contributed by atoms with Gasteiger partial charge in [-0.1, -0.05) is 0 Å². The first-order chi connectivity index (χ1) is 17.4. The van der Waals surface area contributed by atoms with Crippen LogP contribution in [0.25, 0.3) is 10.9 Å². The summed E-state index contributed by atoms with van der Waals surface area (Å²) in [6.45, 7) is 1.87. The zero-order chi connectivity index (χ0) is 25.7. The number of hydrogen-bond donors (Lipinski definition) is 3. The number of benzene rings is 2. The van der Waals surface area contributed by atoms with Gasteiger partial charge in [-0.05, 0) is 70.9 Å². The van der Waals surface area contributed by atoms with E-state index in [-0.39, 0.29) is 0 Å². The second kappa shape index (κ2) is 10.9. The van der Waals surface area contributed by atoms with Gasteiger partial charge in [0.15, 0.2) is 11.5 Å². The number of ether oxygens (including phenoxy) is 3. The summed E-state index contributed by atoms with van der Waals surface area (Å²) in [5, 5.41) is 8.04. The van der Waals surface area contributed by atoms with Crippen molar-refractivity contribution < 1.29 is 23.8 Å². The van der Waals surface area contributed by atoms with Gasteiger partial charge in [-0.25, -0.2) is 14.6 Å². The van der Waals surface area contributed by atoms with Crippen LogP contribution in [0.4, 0.5) is 21.1 Å². The fourth-order valence-corrected chi connectivity index (χ4v) is 3.86. The average Bonchev–Trinajstić information content (AvgIpc) is 2.86. The van der Waals surface area contributed by atoms with Crippen LogP contribution >= 0.6 is 15.9 Å². The molecule has 3 N–H and O–H groups in total. The Hall–Kier alpha value is -4.38. The van der Waals surface area contributed by atoms with E-state index >= 15 is 0 Å². The average molecular weight is 552 g/mol. The fraction of sp³-hybridized carbons (Fsp3) is 0.120. The minimum Gasteiger partial charge on any atom is -0.493 e. The molecule has 2 aromatic carbocycles. The molecule has 36 heavy (non-hydrogen) atoms. The molecule has 10 nitrogen and oxygen atoms in total. The number of fused-ring (bicyclic) bond motifs is 1. The van der Waals surface area contributed by atoms with Crippen molar-refractivity contribution in [3.63, 3.8) is 0 Å². The molecular weight excluding hydrogens is 530 g/mol. The van der Waals surface area contributed by atoms with Gasteiger partial charge < -0.3 is 19.5 Å². The van der Waals surface area contributed by atoms with E-state index in [1.165, 1.54) is 0 Å². The van der Waals surface area contributed by atoms with Crippen LogP contribution in [0.15, 0.2) is 65.4 Å². The van der Waals surface area contributed by atoms with Crippen LogP contribution in [-0.4, -0.2) is 36.2 Å². The van der Waals surface area contributed by atoms with Crippen LogP contribution in [0.5, 0.6) is 23.0 Å². The third-order valence-corrected chi connectivity index (χ3v) is 5.59. The Morgan fingerprint density at radius 1 is 0.861 bits per heavy atom. The Morgan fingerprint density at radius 3 is 2.25 bits per heavy atom. The number of carbonyl (C=O) groups excluding carboxylic acids is 2. The van der Waals surface area contributed by atoms with Crippen LogP contribution in [0, 0.1) is 6.92 Å². The van der Waals surface area contributed by atoms with E-state index in [2.05, 4.69) is 41.8 Å². The molecule has 0 saturated carbocycles. The highest BCUT2D eigenvalue weighted by Gasteiger charge is 2.13. The van der Waals surface area contributed by atoms with Gasteiger partial charge in [-0.15, -0.1) is 0 Å². The van der Waals surface area contributed by atoms with Crippen molar-refractivity contribution in [2.24, 2.45) is 0 Å². The monoisotopic (exact) mass is 551 g/mol. The molecule has 0 radical (unpaired) electrons. The van der Waals surface area contributed by atoms with Crippen molar-refractivity contribution in [2.45, 2.75) is 6.92 Å². The topological polar surface area (TPSA) is 124 Å². The lowest BCUT2D eigenvalue weighted by atomic mass is 10.2. The van der Waals surface area contributed by atoms with E-state index < -0.39 is 12.1 Å². The summed E-state index contributed by atoms with van der Waals surface area (Å²) >= 11 is 3.32. The molecule has 2 heterocycles. The number of hydrogen-bond acceptors (Lipinski definition) is 7. The van der Waals surface area contributed by atoms with Crippen LogP contribution in [0.3, 0.4) is 0 Å². The normalized spacial score (nSPS) is 10.4. The summed E-state index contributed by atoms with van der Waals surface area (Å²) in [5.74, 6) is 2.54. The van der Waals surface area contributed by atoms with Gasteiger partial charge in [0.25, 0.3) is 0 Å². The lowest BCUT2D eigenvalue weighted by Crippen LogP contribution is -2.37. The van der Waals surface area contributed by atoms with Crippen molar-refractivity contribution in [3.05, 3.63) is 71.0 Å². The zero-order valence-electron chi connectivity index (χ0n) is 19.6. The first kappa shape index (κ1) is 24.7. The Balaban J connectivity index is 1.39. The Bertz CT molecular complexity index is 1430. The predicted molar refractivity (Wildman–Crippen MR) is 139 cm³/mol. The molecule has 0 bridgehead atoms. The van der Waals surface area contributed by atoms with Gasteiger partial charge in [0.1, 0.15) is 17.3 Å². The Morgan fingerprint density at radius 2 is 1.56 bits per heavy atom. The molecule has 0 atom stereocenters.